The number of rotatable bonds is 6. The first-order chi connectivity index (χ1) is 11.6. The second-order valence-corrected chi connectivity index (χ2v) is 5.92. The highest BCUT2D eigenvalue weighted by Crippen LogP contribution is 2.24. The van der Waals surface area contributed by atoms with Gasteiger partial charge in [-0.3, -0.25) is 4.79 Å². The first-order valence-corrected chi connectivity index (χ1v) is 8.06. The molecule has 3 rings (SSSR count). The van der Waals surface area contributed by atoms with Gasteiger partial charge in [0, 0.05) is 10.8 Å². The van der Waals surface area contributed by atoms with Gasteiger partial charge in [-0.05, 0) is 11.5 Å². The summed E-state index contributed by atoms with van der Waals surface area (Å²) >= 11 is 1.19. The second-order valence-electron chi connectivity index (χ2n) is 4.97. The summed E-state index contributed by atoms with van der Waals surface area (Å²) in [5.74, 6) is -0.733. The maximum Gasteiger partial charge on any atom is 0.355 e. The molecule has 0 spiro atoms. The van der Waals surface area contributed by atoms with Crippen molar-refractivity contribution in [2.45, 2.75) is 6.54 Å². The molecule has 1 amide bonds. The number of ether oxygens (including phenoxy) is 1. The molecular formula is C17H14N2O4S. The smallest absolute Gasteiger partial charge is 0.355 e. The molecule has 0 saturated heterocycles. The van der Waals surface area contributed by atoms with Crippen LogP contribution in [0.15, 0.2) is 47.8 Å². The molecule has 0 aliphatic carbocycles. The van der Waals surface area contributed by atoms with Crippen LogP contribution in [0.5, 0.6) is 5.75 Å². The van der Waals surface area contributed by atoms with E-state index < -0.39 is 5.97 Å². The molecule has 0 fully saturated rings. The van der Waals surface area contributed by atoms with Crippen molar-refractivity contribution < 1.29 is 19.4 Å². The van der Waals surface area contributed by atoms with Crippen LogP contribution in [0.1, 0.15) is 15.5 Å². The molecule has 0 aliphatic rings. The van der Waals surface area contributed by atoms with E-state index >= 15 is 0 Å². The van der Waals surface area contributed by atoms with Crippen molar-refractivity contribution in [2.24, 2.45) is 0 Å². The number of nitrogens with one attached hydrogen (secondary N) is 1. The highest BCUT2D eigenvalue weighted by atomic mass is 32.1. The van der Waals surface area contributed by atoms with E-state index in [1.807, 2.05) is 42.5 Å². The average Bonchev–Trinajstić information content (AvgIpc) is 3.07. The number of aromatic nitrogens is 1. The molecule has 0 aliphatic heterocycles. The third-order valence-corrected chi connectivity index (χ3v) is 4.16. The van der Waals surface area contributed by atoms with E-state index in [1.54, 1.807) is 0 Å². The molecule has 0 unspecified atom stereocenters. The molecule has 0 atom stereocenters. The number of carboxylic acid groups (broad SMARTS) is 1. The van der Waals surface area contributed by atoms with Gasteiger partial charge in [0.05, 0.1) is 6.54 Å². The standard InChI is InChI=1S/C17H14N2O4S/c20-15(18-8-16-19-13(10-24-16)17(21)22)9-23-14-7-3-5-11-4-1-2-6-12(11)14/h1-7,10H,8-9H2,(H,18,20)(H,21,22). The number of aromatic carboxylic acids is 1. The van der Waals surface area contributed by atoms with Gasteiger partial charge in [-0.15, -0.1) is 11.3 Å². The minimum absolute atomic E-state index is 0.0174. The van der Waals surface area contributed by atoms with E-state index in [9.17, 15) is 9.59 Å². The molecule has 0 bridgehead atoms. The van der Waals surface area contributed by atoms with Crippen molar-refractivity contribution in [1.29, 1.82) is 0 Å². The van der Waals surface area contributed by atoms with Gasteiger partial charge in [0.2, 0.25) is 0 Å². The fourth-order valence-electron chi connectivity index (χ4n) is 2.18. The predicted octanol–water partition coefficient (Wildman–Crippen LogP) is 2.69. The van der Waals surface area contributed by atoms with Crippen LogP contribution in [0.4, 0.5) is 0 Å². The van der Waals surface area contributed by atoms with Crippen molar-refractivity contribution in [3.63, 3.8) is 0 Å². The Balaban J connectivity index is 1.56. The monoisotopic (exact) mass is 342 g/mol. The maximum absolute atomic E-state index is 11.9. The van der Waals surface area contributed by atoms with Crippen molar-refractivity contribution in [3.05, 3.63) is 58.5 Å². The lowest BCUT2D eigenvalue weighted by atomic mass is 10.1. The van der Waals surface area contributed by atoms with Gasteiger partial charge >= 0.3 is 5.97 Å². The molecule has 3 aromatic rings. The van der Waals surface area contributed by atoms with E-state index in [4.69, 9.17) is 9.84 Å². The van der Waals surface area contributed by atoms with Crippen LogP contribution in [-0.2, 0) is 11.3 Å². The number of carboxylic acids is 1. The molecule has 122 valence electrons. The van der Waals surface area contributed by atoms with Crippen LogP contribution in [-0.4, -0.2) is 28.6 Å². The summed E-state index contributed by atoms with van der Waals surface area (Å²) < 4.78 is 5.59. The number of amides is 1. The Kier molecular flexibility index (Phi) is 4.72. The number of hydrogen-bond acceptors (Lipinski definition) is 5. The number of nitrogens with zero attached hydrogens (tertiary/aromatic N) is 1. The number of benzene rings is 2. The molecule has 24 heavy (non-hydrogen) atoms. The van der Waals surface area contributed by atoms with Crippen molar-refractivity contribution in [2.75, 3.05) is 6.61 Å². The normalized spacial score (nSPS) is 10.5. The quantitative estimate of drug-likeness (QED) is 0.719. The van der Waals surface area contributed by atoms with Crippen LogP contribution in [0.25, 0.3) is 10.8 Å². The number of hydrogen-bond donors (Lipinski definition) is 2. The lowest BCUT2D eigenvalue weighted by molar-refractivity contribution is -0.123. The van der Waals surface area contributed by atoms with Gasteiger partial charge in [-0.1, -0.05) is 36.4 Å². The first-order valence-electron chi connectivity index (χ1n) is 7.18. The number of fused-ring (bicyclic) bond motifs is 1. The fraction of sp³-hybridized carbons (Fsp3) is 0.118. The van der Waals surface area contributed by atoms with Gasteiger partial charge < -0.3 is 15.2 Å². The zero-order chi connectivity index (χ0) is 16.9. The van der Waals surface area contributed by atoms with Crippen LogP contribution in [0.2, 0.25) is 0 Å². The Labute approximate surface area is 141 Å². The van der Waals surface area contributed by atoms with E-state index in [2.05, 4.69) is 10.3 Å². The number of carbonyl (C=O) groups excluding carboxylic acids is 1. The third kappa shape index (κ3) is 3.69. The molecule has 0 radical (unpaired) electrons. The summed E-state index contributed by atoms with van der Waals surface area (Å²) in [6.07, 6.45) is 0. The van der Waals surface area contributed by atoms with E-state index in [0.29, 0.717) is 10.8 Å². The van der Waals surface area contributed by atoms with Crippen LogP contribution < -0.4 is 10.1 Å². The molecule has 0 saturated carbocycles. The van der Waals surface area contributed by atoms with Gasteiger partial charge in [-0.2, -0.15) is 0 Å². The summed E-state index contributed by atoms with van der Waals surface area (Å²) in [7, 11) is 0. The number of thiazole rings is 1. The lowest BCUT2D eigenvalue weighted by Crippen LogP contribution is -2.28. The van der Waals surface area contributed by atoms with Gasteiger partial charge in [0.15, 0.2) is 12.3 Å². The molecular weight excluding hydrogens is 328 g/mol. The summed E-state index contributed by atoms with van der Waals surface area (Å²) in [5, 5.41) is 15.4. The first kappa shape index (κ1) is 15.9. The zero-order valence-corrected chi connectivity index (χ0v) is 13.4. The Hall–Kier alpha value is -2.93. The Bertz CT molecular complexity index is 886. The summed E-state index contributed by atoms with van der Waals surface area (Å²) in [6, 6.07) is 13.4. The molecule has 2 N–H and O–H groups in total. The SMILES string of the molecule is O=C(COc1cccc2ccccc12)NCc1nc(C(=O)O)cs1. The topological polar surface area (TPSA) is 88.5 Å². The Morgan fingerprint density at radius 2 is 1.96 bits per heavy atom. The number of carbonyl (C=O) groups is 2. The molecule has 7 heteroatoms. The van der Waals surface area contributed by atoms with Crippen molar-refractivity contribution in [3.8, 4) is 5.75 Å². The summed E-state index contributed by atoms with van der Waals surface area (Å²) in [5.41, 5.74) is -0.0174. The summed E-state index contributed by atoms with van der Waals surface area (Å²) in [4.78, 5) is 26.6. The largest absolute Gasteiger partial charge is 0.483 e. The lowest BCUT2D eigenvalue weighted by Gasteiger charge is -2.09. The van der Waals surface area contributed by atoms with Gasteiger partial charge in [-0.25, -0.2) is 9.78 Å². The minimum Gasteiger partial charge on any atom is -0.483 e. The third-order valence-electron chi connectivity index (χ3n) is 3.32. The van der Waals surface area contributed by atoms with Crippen molar-refractivity contribution in [1.82, 2.24) is 10.3 Å². The summed E-state index contributed by atoms with van der Waals surface area (Å²) in [6.45, 7) is 0.0564. The highest BCUT2D eigenvalue weighted by molar-refractivity contribution is 7.09. The average molecular weight is 342 g/mol. The van der Waals surface area contributed by atoms with Crippen LogP contribution in [0, 0.1) is 0 Å². The minimum atomic E-state index is -1.08. The zero-order valence-electron chi connectivity index (χ0n) is 12.6. The Morgan fingerprint density at radius 3 is 2.75 bits per heavy atom. The molecule has 1 aromatic heterocycles. The van der Waals surface area contributed by atoms with Crippen LogP contribution >= 0.6 is 11.3 Å². The van der Waals surface area contributed by atoms with E-state index in [1.165, 1.54) is 16.7 Å². The molecule has 2 aromatic carbocycles. The van der Waals surface area contributed by atoms with Crippen LogP contribution in [0.3, 0.4) is 0 Å². The van der Waals surface area contributed by atoms with Crippen molar-refractivity contribution >= 4 is 34.0 Å². The van der Waals surface area contributed by atoms with E-state index in [0.717, 1.165) is 10.8 Å². The Morgan fingerprint density at radius 1 is 1.17 bits per heavy atom. The molecule has 1 heterocycles. The predicted molar refractivity (Wildman–Crippen MR) is 90.4 cm³/mol. The van der Waals surface area contributed by atoms with Gasteiger partial charge in [0.1, 0.15) is 10.8 Å². The molecule has 6 nitrogen and oxygen atoms in total. The fourth-order valence-corrected chi connectivity index (χ4v) is 2.89. The maximum atomic E-state index is 11.9. The van der Waals surface area contributed by atoms with Gasteiger partial charge in [0.25, 0.3) is 5.91 Å². The van der Waals surface area contributed by atoms with E-state index in [-0.39, 0.29) is 24.8 Å². The highest BCUT2D eigenvalue weighted by Gasteiger charge is 2.10. The second kappa shape index (κ2) is 7.10.